The molecular formula is C19H26FN3O2. The molecule has 0 radical (unpaired) electrons. The summed E-state index contributed by atoms with van der Waals surface area (Å²) in [6.45, 7) is 1.19. The van der Waals surface area contributed by atoms with Crippen molar-refractivity contribution in [2.45, 2.75) is 57.0 Å². The van der Waals surface area contributed by atoms with Crippen molar-refractivity contribution in [2.75, 3.05) is 13.1 Å². The Labute approximate surface area is 148 Å². The molecule has 2 fully saturated rings. The summed E-state index contributed by atoms with van der Waals surface area (Å²) >= 11 is 0. The third-order valence-corrected chi connectivity index (χ3v) is 5.46. The molecule has 0 spiro atoms. The first-order valence-corrected chi connectivity index (χ1v) is 9.19. The van der Waals surface area contributed by atoms with Gasteiger partial charge < -0.3 is 15.5 Å². The third-order valence-electron chi connectivity index (χ3n) is 5.46. The summed E-state index contributed by atoms with van der Waals surface area (Å²) in [5, 5.41) is 0. The lowest BCUT2D eigenvalue weighted by atomic mass is 9.91. The van der Waals surface area contributed by atoms with Gasteiger partial charge in [-0.05, 0) is 49.9 Å². The number of urea groups is 1. The minimum absolute atomic E-state index is 0.0817. The van der Waals surface area contributed by atoms with Crippen molar-refractivity contribution >= 4 is 11.9 Å². The van der Waals surface area contributed by atoms with Gasteiger partial charge >= 0.3 is 6.03 Å². The van der Waals surface area contributed by atoms with Crippen LogP contribution in [-0.4, -0.2) is 46.9 Å². The molecular weight excluding hydrogens is 321 g/mol. The third kappa shape index (κ3) is 4.11. The number of piperidine rings is 1. The molecule has 25 heavy (non-hydrogen) atoms. The van der Waals surface area contributed by atoms with Crippen molar-refractivity contribution in [3.63, 3.8) is 0 Å². The standard InChI is InChI=1S/C19H26FN3O2/c20-15-8-6-14(7-9-15)18(24)22-12-10-17(11-13-22)23(19(21)25)16-4-2-1-3-5-16/h6-9,16-17H,1-5,10-13H2,(H2,21,25). The van der Waals surface area contributed by atoms with Gasteiger partial charge in [-0.3, -0.25) is 4.79 Å². The van der Waals surface area contributed by atoms with Crippen molar-refractivity contribution in [1.82, 2.24) is 9.80 Å². The van der Waals surface area contributed by atoms with Gasteiger partial charge in [-0.2, -0.15) is 0 Å². The summed E-state index contributed by atoms with van der Waals surface area (Å²) in [4.78, 5) is 28.2. The summed E-state index contributed by atoms with van der Waals surface area (Å²) in [6, 6.07) is 5.65. The minimum atomic E-state index is -0.347. The Kier molecular flexibility index (Phi) is 5.56. The number of amides is 3. The smallest absolute Gasteiger partial charge is 0.315 e. The molecule has 1 aliphatic carbocycles. The van der Waals surface area contributed by atoms with E-state index in [-0.39, 0.29) is 29.8 Å². The van der Waals surface area contributed by atoms with Gasteiger partial charge in [0.25, 0.3) is 5.91 Å². The maximum Gasteiger partial charge on any atom is 0.315 e. The van der Waals surface area contributed by atoms with Crippen molar-refractivity contribution < 1.29 is 14.0 Å². The van der Waals surface area contributed by atoms with Gasteiger partial charge in [-0.25, -0.2) is 9.18 Å². The second kappa shape index (κ2) is 7.85. The summed E-state index contributed by atoms with van der Waals surface area (Å²) < 4.78 is 13.0. The lowest BCUT2D eigenvalue weighted by Crippen LogP contribution is -2.54. The van der Waals surface area contributed by atoms with E-state index in [0.29, 0.717) is 18.7 Å². The molecule has 1 heterocycles. The average Bonchev–Trinajstić information content (AvgIpc) is 2.63. The van der Waals surface area contributed by atoms with E-state index in [0.717, 1.165) is 38.5 Å². The van der Waals surface area contributed by atoms with Gasteiger partial charge in [-0.1, -0.05) is 19.3 Å². The van der Waals surface area contributed by atoms with Crippen LogP contribution in [0.2, 0.25) is 0 Å². The topological polar surface area (TPSA) is 66.6 Å². The van der Waals surface area contributed by atoms with Gasteiger partial charge in [0.1, 0.15) is 5.82 Å². The number of nitrogens with zero attached hydrogens (tertiary/aromatic N) is 2. The van der Waals surface area contributed by atoms with E-state index in [4.69, 9.17) is 5.73 Å². The van der Waals surface area contributed by atoms with Crippen LogP contribution in [0.15, 0.2) is 24.3 Å². The van der Waals surface area contributed by atoms with E-state index >= 15 is 0 Å². The van der Waals surface area contributed by atoms with Gasteiger partial charge in [0.15, 0.2) is 0 Å². The van der Waals surface area contributed by atoms with Crippen molar-refractivity contribution in [3.05, 3.63) is 35.6 Å². The number of carbonyl (C=O) groups excluding carboxylic acids is 2. The Morgan fingerprint density at radius 2 is 1.52 bits per heavy atom. The number of hydrogen-bond acceptors (Lipinski definition) is 2. The largest absolute Gasteiger partial charge is 0.351 e. The zero-order valence-electron chi connectivity index (χ0n) is 14.5. The normalized spacial score (nSPS) is 19.6. The molecule has 1 aromatic rings. The van der Waals surface area contributed by atoms with Crippen molar-refractivity contribution in [2.24, 2.45) is 5.73 Å². The maximum absolute atomic E-state index is 13.0. The van der Waals surface area contributed by atoms with Crippen molar-refractivity contribution in [1.29, 1.82) is 0 Å². The predicted molar refractivity (Wildman–Crippen MR) is 93.6 cm³/mol. The fourth-order valence-electron chi connectivity index (χ4n) is 4.14. The SMILES string of the molecule is NC(=O)N(C1CCCCC1)C1CCN(C(=O)c2ccc(F)cc2)CC1. The molecule has 1 aromatic carbocycles. The molecule has 6 heteroatoms. The molecule has 0 aromatic heterocycles. The number of hydrogen-bond donors (Lipinski definition) is 1. The highest BCUT2D eigenvalue weighted by molar-refractivity contribution is 5.94. The van der Waals surface area contributed by atoms with E-state index < -0.39 is 0 Å². The lowest BCUT2D eigenvalue weighted by molar-refractivity contribution is 0.0590. The summed E-state index contributed by atoms with van der Waals surface area (Å²) in [7, 11) is 0. The maximum atomic E-state index is 13.0. The van der Waals surface area contributed by atoms with Gasteiger partial charge in [-0.15, -0.1) is 0 Å². The fraction of sp³-hybridized carbons (Fsp3) is 0.579. The van der Waals surface area contributed by atoms with Gasteiger partial charge in [0.05, 0.1) is 0 Å². The number of likely N-dealkylation sites (tertiary alicyclic amines) is 1. The molecule has 1 saturated heterocycles. The van der Waals surface area contributed by atoms with E-state index in [1.807, 2.05) is 4.90 Å². The molecule has 1 saturated carbocycles. The molecule has 0 atom stereocenters. The molecule has 3 rings (SSSR count). The Hall–Kier alpha value is -2.11. The average molecular weight is 347 g/mol. The first-order chi connectivity index (χ1) is 12.1. The Balaban J connectivity index is 1.60. The van der Waals surface area contributed by atoms with Crippen LogP contribution in [0.1, 0.15) is 55.3 Å². The van der Waals surface area contributed by atoms with Crippen LogP contribution in [0.3, 0.4) is 0 Å². The highest BCUT2D eigenvalue weighted by Crippen LogP contribution is 2.28. The molecule has 2 aliphatic rings. The van der Waals surface area contributed by atoms with Crippen molar-refractivity contribution in [3.8, 4) is 0 Å². The number of nitrogens with two attached hydrogens (primary N) is 1. The number of carbonyl (C=O) groups is 2. The minimum Gasteiger partial charge on any atom is -0.351 e. The zero-order chi connectivity index (χ0) is 17.8. The first-order valence-electron chi connectivity index (χ1n) is 9.19. The quantitative estimate of drug-likeness (QED) is 0.913. The van der Waals surface area contributed by atoms with E-state index in [1.54, 1.807) is 4.90 Å². The van der Waals surface area contributed by atoms with Crippen LogP contribution in [0.4, 0.5) is 9.18 Å². The number of primary amides is 1. The molecule has 136 valence electrons. The Morgan fingerprint density at radius 3 is 2.08 bits per heavy atom. The number of benzene rings is 1. The van der Waals surface area contributed by atoms with Crippen LogP contribution in [-0.2, 0) is 0 Å². The molecule has 0 bridgehead atoms. The van der Waals surface area contributed by atoms with E-state index in [2.05, 4.69) is 0 Å². The van der Waals surface area contributed by atoms with E-state index in [1.165, 1.54) is 30.7 Å². The number of rotatable bonds is 3. The summed E-state index contributed by atoms with van der Waals surface area (Å²) in [6.07, 6.45) is 7.06. The monoisotopic (exact) mass is 347 g/mol. The molecule has 1 aliphatic heterocycles. The van der Waals surface area contributed by atoms with E-state index in [9.17, 15) is 14.0 Å². The van der Waals surface area contributed by atoms with Crippen LogP contribution < -0.4 is 5.73 Å². The fourth-order valence-corrected chi connectivity index (χ4v) is 4.14. The number of halogens is 1. The zero-order valence-corrected chi connectivity index (χ0v) is 14.5. The lowest BCUT2D eigenvalue weighted by Gasteiger charge is -2.42. The second-order valence-corrected chi connectivity index (χ2v) is 7.07. The van der Waals surface area contributed by atoms with Gasteiger partial charge in [0.2, 0.25) is 0 Å². The summed E-state index contributed by atoms with van der Waals surface area (Å²) in [5.74, 6) is -0.429. The first kappa shape index (κ1) is 17.7. The highest BCUT2D eigenvalue weighted by atomic mass is 19.1. The Morgan fingerprint density at radius 1 is 0.960 bits per heavy atom. The Bertz CT molecular complexity index is 606. The van der Waals surface area contributed by atoms with Crippen LogP contribution >= 0.6 is 0 Å². The molecule has 0 unspecified atom stereocenters. The van der Waals surface area contributed by atoms with Crippen LogP contribution in [0.25, 0.3) is 0 Å². The molecule has 5 nitrogen and oxygen atoms in total. The van der Waals surface area contributed by atoms with Crippen LogP contribution in [0.5, 0.6) is 0 Å². The molecule has 2 N–H and O–H groups in total. The highest BCUT2D eigenvalue weighted by Gasteiger charge is 2.33. The second-order valence-electron chi connectivity index (χ2n) is 7.07. The molecule has 3 amide bonds. The van der Waals surface area contributed by atoms with Crippen LogP contribution in [0, 0.1) is 5.82 Å². The summed E-state index contributed by atoms with van der Waals surface area (Å²) in [5.41, 5.74) is 6.17. The van der Waals surface area contributed by atoms with Gasteiger partial charge in [0, 0.05) is 30.7 Å². The predicted octanol–water partition coefficient (Wildman–Crippen LogP) is 3.14.